The lowest BCUT2D eigenvalue weighted by molar-refractivity contribution is 0.0124. The van der Waals surface area contributed by atoms with Crippen molar-refractivity contribution < 1.29 is 22.6 Å². The molecule has 204 valence electrons. The third kappa shape index (κ3) is 5.34. The Balaban J connectivity index is 1.62. The highest BCUT2D eigenvalue weighted by Crippen LogP contribution is 2.38. The average Bonchev–Trinajstić information content (AvgIpc) is 3.35. The third-order valence-electron chi connectivity index (χ3n) is 6.60. The summed E-state index contributed by atoms with van der Waals surface area (Å²) >= 11 is 0. The molecule has 0 radical (unpaired) electrons. The molecule has 3 aromatic heterocycles. The van der Waals surface area contributed by atoms with E-state index < -0.39 is 26.9 Å². The second kappa shape index (κ2) is 11.1. The highest BCUT2D eigenvalue weighted by Gasteiger charge is 2.40. The molecule has 4 heterocycles. The van der Waals surface area contributed by atoms with Crippen LogP contribution in [0.5, 0.6) is 11.5 Å². The number of sulfone groups is 1. The number of methoxy groups -OCH3 is 2. The molecule has 4 aromatic rings. The minimum Gasteiger partial charge on any atom is -0.494 e. The van der Waals surface area contributed by atoms with Gasteiger partial charge in [-0.3, -0.25) is 9.55 Å². The van der Waals surface area contributed by atoms with Crippen molar-refractivity contribution in [3.05, 3.63) is 71.8 Å². The molecule has 12 heteroatoms. The van der Waals surface area contributed by atoms with Gasteiger partial charge in [-0.2, -0.15) is 0 Å². The van der Waals surface area contributed by atoms with E-state index in [1.165, 1.54) is 0 Å². The number of ether oxygens (including phenoxy) is 3. The maximum absolute atomic E-state index is 14.0. The smallest absolute Gasteiger partial charge is 0.170 e. The fraction of sp³-hybridized carbons (Fsp3) is 0.370. The summed E-state index contributed by atoms with van der Waals surface area (Å²) in [5.74, 6) is 1.54. The van der Waals surface area contributed by atoms with Gasteiger partial charge in [-0.05, 0) is 56.0 Å². The molecular formula is C27H30N6O5S. The van der Waals surface area contributed by atoms with Crippen LogP contribution in [0.15, 0.2) is 49.1 Å². The number of rotatable bonds is 8. The lowest BCUT2D eigenvalue weighted by atomic mass is 10.1. The molecule has 5 rings (SSSR count). The molecule has 0 spiro atoms. The minimum atomic E-state index is -3.82. The summed E-state index contributed by atoms with van der Waals surface area (Å²) in [7, 11) is -0.736. The number of para-hydroxylation sites is 1. The van der Waals surface area contributed by atoms with Crippen molar-refractivity contribution >= 4 is 9.84 Å². The molecule has 0 unspecified atom stereocenters. The van der Waals surface area contributed by atoms with Gasteiger partial charge in [0.15, 0.2) is 27.3 Å². The zero-order chi connectivity index (χ0) is 27.6. The lowest BCUT2D eigenvalue weighted by Crippen LogP contribution is -2.36. The van der Waals surface area contributed by atoms with E-state index in [0.717, 1.165) is 11.1 Å². The van der Waals surface area contributed by atoms with E-state index >= 15 is 0 Å². The summed E-state index contributed by atoms with van der Waals surface area (Å²) in [6.07, 6.45) is 6.98. The van der Waals surface area contributed by atoms with E-state index in [0.29, 0.717) is 53.8 Å². The Hall–Kier alpha value is -3.90. The molecule has 39 heavy (non-hydrogen) atoms. The Kier molecular flexibility index (Phi) is 7.58. The molecule has 1 aliphatic rings. The number of hydrogen-bond acceptors (Lipinski definition) is 10. The van der Waals surface area contributed by atoms with Gasteiger partial charge in [-0.25, -0.2) is 18.4 Å². The number of nitrogens with zero attached hydrogens (tertiary/aromatic N) is 6. The monoisotopic (exact) mass is 550 g/mol. The van der Waals surface area contributed by atoms with Gasteiger partial charge in [0.05, 0.1) is 19.5 Å². The number of aryl methyl sites for hydroxylation is 2. The van der Waals surface area contributed by atoms with Gasteiger partial charge >= 0.3 is 0 Å². The maximum atomic E-state index is 14.0. The van der Waals surface area contributed by atoms with E-state index in [1.54, 1.807) is 61.8 Å². The molecule has 0 aliphatic carbocycles. The first-order chi connectivity index (χ1) is 18.8. The van der Waals surface area contributed by atoms with Crippen LogP contribution < -0.4 is 9.47 Å². The number of pyridine rings is 1. The Labute approximate surface area is 227 Å². The lowest BCUT2D eigenvalue weighted by Gasteiger charge is -2.30. The quantitative estimate of drug-likeness (QED) is 0.321. The predicted molar refractivity (Wildman–Crippen MR) is 144 cm³/mol. The fourth-order valence-corrected chi connectivity index (χ4v) is 6.62. The number of aromatic nitrogens is 6. The Morgan fingerprint density at radius 3 is 2.38 bits per heavy atom. The third-order valence-corrected chi connectivity index (χ3v) is 8.67. The normalized spacial score (nSPS) is 17.6. The van der Waals surface area contributed by atoms with Crippen molar-refractivity contribution in [3.8, 4) is 28.6 Å². The van der Waals surface area contributed by atoms with Gasteiger partial charge in [-0.1, -0.05) is 6.07 Å². The molecule has 1 aromatic carbocycles. The van der Waals surface area contributed by atoms with E-state index in [1.807, 2.05) is 19.9 Å². The first-order valence-electron chi connectivity index (χ1n) is 12.5. The Bertz CT molecular complexity index is 1550. The average molecular weight is 551 g/mol. The summed E-state index contributed by atoms with van der Waals surface area (Å²) < 4.78 is 46.9. The molecule has 2 atom stereocenters. The number of hydrogen-bond donors (Lipinski definition) is 0. The van der Waals surface area contributed by atoms with Crippen LogP contribution in [0.25, 0.3) is 17.1 Å². The summed E-state index contributed by atoms with van der Waals surface area (Å²) in [6, 6.07) is 7.25. The van der Waals surface area contributed by atoms with Crippen molar-refractivity contribution in [2.24, 2.45) is 0 Å². The van der Waals surface area contributed by atoms with Crippen molar-refractivity contribution in [1.29, 1.82) is 0 Å². The van der Waals surface area contributed by atoms with Crippen molar-refractivity contribution in [1.82, 2.24) is 29.7 Å². The van der Waals surface area contributed by atoms with Gasteiger partial charge in [0.25, 0.3) is 0 Å². The van der Waals surface area contributed by atoms with Crippen LogP contribution >= 0.6 is 0 Å². The summed E-state index contributed by atoms with van der Waals surface area (Å²) in [6.45, 7) is 4.23. The highest BCUT2D eigenvalue weighted by atomic mass is 32.2. The van der Waals surface area contributed by atoms with Crippen molar-refractivity contribution in [2.45, 2.75) is 43.8 Å². The standard InChI is InChI=1S/C27H30N6O5S/c1-17-11-19(15-28-12-17)27-32-31-23(33(27)24-20(36-3)7-5-8-21(24)37-4)16-39(34,35)22-9-6-10-38-25(22)26-29-13-18(2)14-30-26/h5,7-8,11-15,22,25H,6,9-10,16H2,1-4H3/t22-,25-/m1/s1. The van der Waals surface area contributed by atoms with Crippen LogP contribution in [0.1, 0.15) is 41.7 Å². The van der Waals surface area contributed by atoms with Crippen LogP contribution in [0.4, 0.5) is 0 Å². The second-order valence-corrected chi connectivity index (χ2v) is 11.7. The second-order valence-electron chi connectivity index (χ2n) is 9.44. The molecule has 1 aliphatic heterocycles. The summed E-state index contributed by atoms with van der Waals surface area (Å²) in [4.78, 5) is 13.0. The highest BCUT2D eigenvalue weighted by molar-refractivity contribution is 7.91. The maximum Gasteiger partial charge on any atom is 0.170 e. The Morgan fingerprint density at radius 1 is 1.00 bits per heavy atom. The molecule has 1 saturated heterocycles. The van der Waals surface area contributed by atoms with Gasteiger partial charge in [0, 0.05) is 37.0 Å². The van der Waals surface area contributed by atoms with Crippen LogP contribution in [0.3, 0.4) is 0 Å². The van der Waals surface area contributed by atoms with Crippen LogP contribution in [0, 0.1) is 13.8 Å². The summed E-state index contributed by atoms with van der Waals surface area (Å²) in [5.41, 5.74) is 2.97. The van der Waals surface area contributed by atoms with E-state index in [2.05, 4.69) is 25.1 Å². The molecule has 11 nitrogen and oxygen atoms in total. The molecule has 0 saturated carbocycles. The fourth-order valence-electron chi connectivity index (χ4n) is 4.76. The van der Waals surface area contributed by atoms with E-state index in [-0.39, 0.29) is 5.82 Å². The molecule has 0 amide bonds. The van der Waals surface area contributed by atoms with Crippen LogP contribution in [0.2, 0.25) is 0 Å². The van der Waals surface area contributed by atoms with Gasteiger partial charge in [0.2, 0.25) is 0 Å². The number of benzene rings is 1. The van der Waals surface area contributed by atoms with E-state index in [9.17, 15) is 8.42 Å². The van der Waals surface area contributed by atoms with Crippen LogP contribution in [-0.4, -0.2) is 64.2 Å². The first-order valence-corrected chi connectivity index (χ1v) is 14.2. The van der Waals surface area contributed by atoms with Crippen LogP contribution in [-0.2, 0) is 20.3 Å². The predicted octanol–water partition coefficient (Wildman–Crippen LogP) is 3.59. The summed E-state index contributed by atoms with van der Waals surface area (Å²) in [5, 5.41) is 7.93. The SMILES string of the molecule is COc1cccc(OC)c1-n1c(CS(=O)(=O)[C@@H]2CCCO[C@H]2c2ncc(C)cn2)nnc1-c1cncc(C)c1. The zero-order valence-corrected chi connectivity index (χ0v) is 23.1. The molecule has 0 bridgehead atoms. The van der Waals surface area contributed by atoms with Crippen molar-refractivity contribution in [2.75, 3.05) is 20.8 Å². The first kappa shape index (κ1) is 26.7. The van der Waals surface area contributed by atoms with Gasteiger partial charge < -0.3 is 14.2 Å². The largest absolute Gasteiger partial charge is 0.494 e. The van der Waals surface area contributed by atoms with Gasteiger partial charge in [0.1, 0.15) is 29.0 Å². The van der Waals surface area contributed by atoms with Gasteiger partial charge in [-0.15, -0.1) is 10.2 Å². The minimum absolute atomic E-state index is 0.212. The Morgan fingerprint density at radius 2 is 1.72 bits per heavy atom. The molecule has 1 fully saturated rings. The zero-order valence-electron chi connectivity index (χ0n) is 22.2. The van der Waals surface area contributed by atoms with E-state index in [4.69, 9.17) is 14.2 Å². The topological polar surface area (TPSA) is 131 Å². The van der Waals surface area contributed by atoms with Crippen molar-refractivity contribution in [3.63, 3.8) is 0 Å². The molecular weight excluding hydrogens is 520 g/mol. The molecule has 0 N–H and O–H groups in total.